The van der Waals surface area contributed by atoms with Gasteiger partial charge in [-0.15, -0.1) is 0 Å². The molecule has 3 heteroatoms. The standard InChI is InChI=1S/C14H21N3/c15-6-7-16-14-12-9-17(10-13(12)14)8-11-4-2-1-3-5-11/h1-5,12-14,16H,6-10,15H2. The molecule has 1 aromatic rings. The van der Waals surface area contributed by atoms with Gasteiger partial charge in [0.25, 0.3) is 0 Å². The molecule has 1 heterocycles. The summed E-state index contributed by atoms with van der Waals surface area (Å²) in [4.78, 5) is 2.57. The topological polar surface area (TPSA) is 41.3 Å². The van der Waals surface area contributed by atoms with Crippen LogP contribution in [-0.2, 0) is 6.54 Å². The Kier molecular flexibility index (Phi) is 3.14. The Labute approximate surface area is 103 Å². The maximum absolute atomic E-state index is 5.51. The Morgan fingerprint density at radius 1 is 1.18 bits per heavy atom. The number of likely N-dealkylation sites (tertiary alicyclic amines) is 1. The van der Waals surface area contributed by atoms with E-state index in [1.165, 1.54) is 18.7 Å². The maximum Gasteiger partial charge on any atom is 0.0233 e. The molecule has 3 nitrogen and oxygen atoms in total. The number of nitrogens with two attached hydrogens (primary N) is 1. The van der Waals surface area contributed by atoms with E-state index in [0.717, 1.165) is 37.5 Å². The zero-order valence-electron chi connectivity index (χ0n) is 10.2. The molecule has 2 atom stereocenters. The summed E-state index contributed by atoms with van der Waals surface area (Å²) in [5.41, 5.74) is 6.94. The monoisotopic (exact) mass is 231 g/mol. The van der Waals surface area contributed by atoms with Crippen molar-refractivity contribution in [2.75, 3.05) is 26.2 Å². The molecule has 17 heavy (non-hydrogen) atoms. The minimum absolute atomic E-state index is 0.754. The van der Waals surface area contributed by atoms with Gasteiger partial charge in [0.1, 0.15) is 0 Å². The zero-order valence-corrected chi connectivity index (χ0v) is 10.2. The molecule has 0 amide bonds. The highest BCUT2D eigenvalue weighted by molar-refractivity contribution is 5.16. The van der Waals surface area contributed by atoms with Gasteiger partial charge in [0.05, 0.1) is 0 Å². The number of rotatable bonds is 5. The molecule has 2 unspecified atom stereocenters. The Hall–Kier alpha value is -0.900. The van der Waals surface area contributed by atoms with Crippen LogP contribution in [0.1, 0.15) is 5.56 Å². The Morgan fingerprint density at radius 2 is 1.88 bits per heavy atom. The van der Waals surface area contributed by atoms with Crippen molar-refractivity contribution in [3.63, 3.8) is 0 Å². The largest absolute Gasteiger partial charge is 0.329 e. The van der Waals surface area contributed by atoms with E-state index in [4.69, 9.17) is 5.73 Å². The lowest BCUT2D eigenvalue weighted by atomic mass is 10.2. The van der Waals surface area contributed by atoms with Crippen molar-refractivity contribution in [3.8, 4) is 0 Å². The van der Waals surface area contributed by atoms with Crippen LogP contribution >= 0.6 is 0 Å². The van der Waals surface area contributed by atoms with E-state index in [1.54, 1.807) is 0 Å². The number of benzene rings is 1. The van der Waals surface area contributed by atoms with Crippen LogP contribution in [0.4, 0.5) is 0 Å². The van der Waals surface area contributed by atoms with E-state index >= 15 is 0 Å². The number of nitrogens with one attached hydrogen (secondary N) is 1. The minimum atomic E-state index is 0.754. The fourth-order valence-corrected chi connectivity index (χ4v) is 3.14. The minimum Gasteiger partial charge on any atom is -0.329 e. The predicted octanol–water partition coefficient (Wildman–Crippen LogP) is 0.665. The van der Waals surface area contributed by atoms with E-state index in [9.17, 15) is 0 Å². The van der Waals surface area contributed by atoms with E-state index in [2.05, 4.69) is 40.5 Å². The fourth-order valence-electron chi connectivity index (χ4n) is 3.14. The van der Waals surface area contributed by atoms with Crippen LogP contribution in [0.2, 0.25) is 0 Å². The van der Waals surface area contributed by atoms with Gasteiger partial charge in [0.2, 0.25) is 0 Å². The summed E-state index contributed by atoms with van der Waals surface area (Å²) in [6.07, 6.45) is 0. The van der Waals surface area contributed by atoms with Crippen molar-refractivity contribution < 1.29 is 0 Å². The van der Waals surface area contributed by atoms with E-state index in [1.807, 2.05) is 0 Å². The molecule has 3 rings (SSSR count). The highest BCUT2D eigenvalue weighted by Gasteiger charge is 2.54. The second kappa shape index (κ2) is 4.77. The average Bonchev–Trinajstić information content (AvgIpc) is 2.81. The van der Waals surface area contributed by atoms with Crippen molar-refractivity contribution in [3.05, 3.63) is 35.9 Å². The molecule has 2 aliphatic rings. The number of fused-ring (bicyclic) bond motifs is 1. The summed E-state index contributed by atoms with van der Waals surface area (Å²) in [6.45, 7) is 5.33. The van der Waals surface area contributed by atoms with Gasteiger partial charge in [-0.2, -0.15) is 0 Å². The number of hydrogen-bond acceptors (Lipinski definition) is 3. The Morgan fingerprint density at radius 3 is 2.53 bits per heavy atom. The number of nitrogens with zero attached hydrogens (tertiary/aromatic N) is 1. The van der Waals surface area contributed by atoms with Gasteiger partial charge in [-0.1, -0.05) is 30.3 Å². The highest BCUT2D eigenvalue weighted by Crippen LogP contribution is 2.45. The van der Waals surface area contributed by atoms with Gasteiger partial charge in [-0.25, -0.2) is 0 Å². The molecular formula is C14H21N3. The molecule has 1 aliphatic heterocycles. The van der Waals surface area contributed by atoms with Gasteiger partial charge < -0.3 is 11.1 Å². The molecule has 0 radical (unpaired) electrons. The molecule has 0 spiro atoms. The number of piperidine rings is 1. The molecule has 1 saturated heterocycles. The smallest absolute Gasteiger partial charge is 0.0233 e. The van der Waals surface area contributed by atoms with Crippen LogP contribution < -0.4 is 11.1 Å². The van der Waals surface area contributed by atoms with Crippen LogP contribution in [0.25, 0.3) is 0 Å². The number of hydrogen-bond donors (Lipinski definition) is 2. The van der Waals surface area contributed by atoms with E-state index in [-0.39, 0.29) is 0 Å². The van der Waals surface area contributed by atoms with Crippen molar-refractivity contribution in [1.82, 2.24) is 10.2 Å². The normalized spacial score (nSPS) is 31.5. The highest BCUT2D eigenvalue weighted by atomic mass is 15.2. The first-order valence-corrected chi connectivity index (χ1v) is 6.58. The quantitative estimate of drug-likeness (QED) is 0.782. The van der Waals surface area contributed by atoms with Crippen molar-refractivity contribution in [1.29, 1.82) is 0 Å². The van der Waals surface area contributed by atoms with Crippen molar-refractivity contribution in [2.24, 2.45) is 17.6 Å². The van der Waals surface area contributed by atoms with Gasteiger partial charge in [-0.05, 0) is 17.4 Å². The van der Waals surface area contributed by atoms with Gasteiger partial charge in [-0.3, -0.25) is 4.90 Å². The second-order valence-electron chi connectivity index (χ2n) is 5.28. The van der Waals surface area contributed by atoms with Crippen LogP contribution in [0.5, 0.6) is 0 Å². The Balaban J connectivity index is 1.46. The molecule has 0 bridgehead atoms. The molecule has 1 aromatic carbocycles. The van der Waals surface area contributed by atoms with Gasteiger partial charge in [0.15, 0.2) is 0 Å². The van der Waals surface area contributed by atoms with Crippen LogP contribution in [-0.4, -0.2) is 37.1 Å². The van der Waals surface area contributed by atoms with E-state index in [0.29, 0.717) is 0 Å². The summed E-state index contributed by atoms with van der Waals surface area (Å²) < 4.78 is 0. The molecule has 2 fully saturated rings. The first-order valence-electron chi connectivity index (χ1n) is 6.58. The molecule has 0 aromatic heterocycles. The van der Waals surface area contributed by atoms with Crippen molar-refractivity contribution in [2.45, 2.75) is 12.6 Å². The predicted molar refractivity (Wildman–Crippen MR) is 69.5 cm³/mol. The van der Waals surface area contributed by atoms with Crippen molar-refractivity contribution >= 4 is 0 Å². The molecule has 92 valence electrons. The molecule has 1 saturated carbocycles. The lowest BCUT2D eigenvalue weighted by Gasteiger charge is -2.19. The van der Waals surface area contributed by atoms with Gasteiger partial charge in [0, 0.05) is 38.8 Å². The first kappa shape index (κ1) is 11.2. The van der Waals surface area contributed by atoms with E-state index < -0.39 is 0 Å². The van der Waals surface area contributed by atoms with Crippen LogP contribution in [0.15, 0.2) is 30.3 Å². The third-order valence-electron chi connectivity index (χ3n) is 4.04. The first-order chi connectivity index (χ1) is 8.38. The van der Waals surface area contributed by atoms with Crippen LogP contribution in [0.3, 0.4) is 0 Å². The summed E-state index contributed by atoms with van der Waals surface area (Å²) in [6, 6.07) is 11.5. The average molecular weight is 231 g/mol. The third kappa shape index (κ3) is 2.37. The third-order valence-corrected chi connectivity index (χ3v) is 4.04. The second-order valence-corrected chi connectivity index (χ2v) is 5.28. The lowest BCUT2D eigenvalue weighted by Crippen LogP contribution is -2.33. The van der Waals surface area contributed by atoms with Gasteiger partial charge >= 0.3 is 0 Å². The SMILES string of the molecule is NCCNC1C2CN(Cc3ccccc3)CC21. The molecule has 1 aliphatic carbocycles. The summed E-state index contributed by atoms with van der Waals surface area (Å²) in [5, 5.41) is 3.54. The summed E-state index contributed by atoms with van der Waals surface area (Å²) >= 11 is 0. The summed E-state index contributed by atoms with van der Waals surface area (Å²) in [7, 11) is 0. The fraction of sp³-hybridized carbons (Fsp3) is 0.571. The Bertz CT molecular complexity index is 353. The lowest BCUT2D eigenvalue weighted by molar-refractivity contribution is 0.282. The zero-order chi connectivity index (χ0) is 11.7. The molecular weight excluding hydrogens is 210 g/mol. The summed E-state index contributed by atoms with van der Waals surface area (Å²) in [5.74, 6) is 1.76. The maximum atomic E-state index is 5.51. The molecule has 3 N–H and O–H groups in total. The van der Waals surface area contributed by atoms with Crippen LogP contribution in [0, 0.1) is 11.8 Å².